The van der Waals surface area contributed by atoms with Gasteiger partial charge in [0, 0.05) is 31.4 Å². The number of carbonyl (C=O) groups excluding carboxylic acids is 1. The van der Waals surface area contributed by atoms with Crippen molar-refractivity contribution >= 4 is 11.6 Å². The molecule has 122 valence electrons. The number of piperidine rings is 1. The van der Waals surface area contributed by atoms with Gasteiger partial charge in [-0.3, -0.25) is 4.79 Å². The molecule has 0 bridgehead atoms. The SMILES string of the molecule is CCCN(C)c1ccc(C(=O)NCC2CCN(C)CC2)cc1. The molecule has 1 amide bonds. The Morgan fingerprint density at radius 3 is 2.50 bits per heavy atom. The molecule has 0 saturated carbocycles. The summed E-state index contributed by atoms with van der Waals surface area (Å²) in [5.74, 6) is 0.665. The van der Waals surface area contributed by atoms with Crippen molar-refractivity contribution < 1.29 is 4.79 Å². The average Bonchev–Trinajstić information content (AvgIpc) is 2.54. The van der Waals surface area contributed by atoms with Gasteiger partial charge in [-0.05, 0) is 69.6 Å². The van der Waals surface area contributed by atoms with Crippen LogP contribution in [0.25, 0.3) is 0 Å². The van der Waals surface area contributed by atoms with Crippen molar-refractivity contribution in [1.82, 2.24) is 10.2 Å². The van der Waals surface area contributed by atoms with Gasteiger partial charge < -0.3 is 15.1 Å². The maximum absolute atomic E-state index is 12.2. The normalized spacial score (nSPS) is 16.5. The van der Waals surface area contributed by atoms with Gasteiger partial charge in [-0.25, -0.2) is 0 Å². The van der Waals surface area contributed by atoms with Crippen LogP contribution in [0.15, 0.2) is 24.3 Å². The van der Waals surface area contributed by atoms with Crippen molar-refractivity contribution in [3.8, 4) is 0 Å². The van der Waals surface area contributed by atoms with Crippen molar-refractivity contribution in [2.75, 3.05) is 45.2 Å². The zero-order valence-corrected chi connectivity index (χ0v) is 14.1. The molecule has 1 heterocycles. The summed E-state index contributed by atoms with van der Waals surface area (Å²) in [5.41, 5.74) is 1.91. The van der Waals surface area contributed by atoms with Crippen molar-refractivity contribution in [2.45, 2.75) is 26.2 Å². The smallest absolute Gasteiger partial charge is 0.251 e. The van der Waals surface area contributed by atoms with Crippen LogP contribution in [0.2, 0.25) is 0 Å². The Balaban J connectivity index is 1.82. The monoisotopic (exact) mass is 303 g/mol. The first-order valence-electron chi connectivity index (χ1n) is 8.38. The number of hydrogen-bond acceptors (Lipinski definition) is 3. The molecule has 0 radical (unpaired) electrons. The number of amides is 1. The summed E-state index contributed by atoms with van der Waals surface area (Å²) in [6.45, 7) is 6.27. The third-order valence-corrected chi connectivity index (χ3v) is 4.52. The Morgan fingerprint density at radius 2 is 1.91 bits per heavy atom. The molecule has 1 N–H and O–H groups in total. The maximum atomic E-state index is 12.2. The minimum absolute atomic E-state index is 0.0450. The van der Waals surface area contributed by atoms with E-state index < -0.39 is 0 Å². The van der Waals surface area contributed by atoms with Crippen LogP contribution in [0.4, 0.5) is 5.69 Å². The second-order valence-corrected chi connectivity index (χ2v) is 6.43. The van der Waals surface area contributed by atoms with Crippen molar-refractivity contribution in [3.05, 3.63) is 29.8 Å². The molecule has 1 aliphatic rings. The van der Waals surface area contributed by atoms with E-state index in [9.17, 15) is 4.79 Å². The zero-order valence-electron chi connectivity index (χ0n) is 14.1. The predicted molar refractivity (Wildman–Crippen MR) is 92.6 cm³/mol. The molecule has 1 aromatic rings. The van der Waals surface area contributed by atoms with Crippen molar-refractivity contribution in [1.29, 1.82) is 0 Å². The first-order valence-corrected chi connectivity index (χ1v) is 8.38. The van der Waals surface area contributed by atoms with Gasteiger partial charge in [0.2, 0.25) is 0 Å². The minimum Gasteiger partial charge on any atom is -0.375 e. The molecular formula is C18H29N3O. The number of anilines is 1. The topological polar surface area (TPSA) is 35.6 Å². The number of hydrogen-bond donors (Lipinski definition) is 1. The van der Waals surface area contributed by atoms with E-state index in [0.29, 0.717) is 5.92 Å². The molecule has 1 saturated heterocycles. The molecule has 0 aliphatic carbocycles. The summed E-state index contributed by atoms with van der Waals surface area (Å²) >= 11 is 0. The Hall–Kier alpha value is -1.55. The lowest BCUT2D eigenvalue weighted by Gasteiger charge is -2.28. The summed E-state index contributed by atoms with van der Waals surface area (Å²) in [6, 6.07) is 7.90. The Kier molecular flexibility index (Phi) is 6.25. The highest BCUT2D eigenvalue weighted by Crippen LogP contribution is 2.16. The largest absolute Gasteiger partial charge is 0.375 e. The molecule has 1 aliphatic heterocycles. The fourth-order valence-electron chi connectivity index (χ4n) is 2.94. The van der Waals surface area contributed by atoms with E-state index in [0.717, 1.165) is 43.9 Å². The van der Waals surface area contributed by atoms with Gasteiger partial charge in [-0.15, -0.1) is 0 Å². The van der Waals surface area contributed by atoms with Gasteiger partial charge in [0.15, 0.2) is 0 Å². The lowest BCUT2D eigenvalue weighted by molar-refractivity contribution is 0.0939. The Bertz CT molecular complexity index is 464. The highest BCUT2D eigenvalue weighted by atomic mass is 16.1. The van der Waals surface area contributed by atoms with Gasteiger partial charge in [-0.1, -0.05) is 6.92 Å². The summed E-state index contributed by atoms with van der Waals surface area (Å²) in [5, 5.41) is 3.09. The van der Waals surface area contributed by atoms with Crippen LogP contribution in [0.5, 0.6) is 0 Å². The molecule has 4 heteroatoms. The zero-order chi connectivity index (χ0) is 15.9. The van der Waals surface area contributed by atoms with Crippen LogP contribution in [0.1, 0.15) is 36.5 Å². The van der Waals surface area contributed by atoms with Crippen LogP contribution in [-0.2, 0) is 0 Å². The Labute approximate surface area is 134 Å². The van der Waals surface area contributed by atoms with Crippen LogP contribution in [0, 0.1) is 5.92 Å². The molecule has 4 nitrogen and oxygen atoms in total. The molecular weight excluding hydrogens is 274 g/mol. The molecule has 22 heavy (non-hydrogen) atoms. The lowest BCUT2D eigenvalue weighted by atomic mass is 9.97. The van der Waals surface area contributed by atoms with E-state index in [1.807, 2.05) is 24.3 Å². The molecule has 0 aromatic heterocycles. The van der Waals surface area contributed by atoms with Gasteiger partial charge in [0.25, 0.3) is 5.91 Å². The summed E-state index contributed by atoms with van der Waals surface area (Å²) in [4.78, 5) is 16.8. The number of nitrogens with zero attached hydrogens (tertiary/aromatic N) is 2. The van der Waals surface area contributed by atoms with Crippen LogP contribution in [-0.4, -0.2) is 51.1 Å². The van der Waals surface area contributed by atoms with Crippen molar-refractivity contribution in [2.24, 2.45) is 5.92 Å². The van der Waals surface area contributed by atoms with E-state index in [1.54, 1.807) is 0 Å². The fourth-order valence-corrected chi connectivity index (χ4v) is 2.94. The number of likely N-dealkylation sites (tertiary alicyclic amines) is 1. The summed E-state index contributed by atoms with van der Waals surface area (Å²) in [7, 11) is 4.24. The fraction of sp³-hybridized carbons (Fsp3) is 0.611. The quantitative estimate of drug-likeness (QED) is 0.877. The maximum Gasteiger partial charge on any atom is 0.251 e. The van der Waals surface area contributed by atoms with Crippen LogP contribution < -0.4 is 10.2 Å². The van der Waals surface area contributed by atoms with E-state index >= 15 is 0 Å². The highest BCUT2D eigenvalue weighted by molar-refractivity contribution is 5.94. The molecule has 1 fully saturated rings. The predicted octanol–water partition coefficient (Wildman–Crippen LogP) is 2.60. The standard InChI is InChI=1S/C18H29N3O/c1-4-11-21(3)17-7-5-16(6-8-17)18(22)19-14-15-9-12-20(2)13-10-15/h5-8,15H,4,9-14H2,1-3H3,(H,19,22). The molecule has 1 aromatic carbocycles. The summed E-state index contributed by atoms with van der Waals surface area (Å²) in [6.07, 6.45) is 3.48. The Morgan fingerprint density at radius 1 is 1.27 bits per heavy atom. The number of benzene rings is 1. The number of carbonyl (C=O) groups is 1. The van der Waals surface area contributed by atoms with Gasteiger partial charge in [0.1, 0.15) is 0 Å². The van der Waals surface area contributed by atoms with Crippen LogP contribution in [0.3, 0.4) is 0 Å². The first-order chi connectivity index (χ1) is 10.6. The van der Waals surface area contributed by atoms with E-state index in [4.69, 9.17) is 0 Å². The lowest BCUT2D eigenvalue weighted by Crippen LogP contribution is -2.36. The van der Waals surface area contributed by atoms with E-state index in [1.165, 1.54) is 12.8 Å². The molecule has 2 rings (SSSR count). The van der Waals surface area contributed by atoms with E-state index in [-0.39, 0.29) is 5.91 Å². The molecule has 0 atom stereocenters. The highest BCUT2D eigenvalue weighted by Gasteiger charge is 2.17. The second kappa shape index (κ2) is 8.18. The van der Waals surface area contributed by atoms with Gasteiger partial charge >= 0.3 is 0 Å². The van der Waals surface area contributed by atoms with Crippen LogP contribution >= 0.6 is 0 Å². The summed E-state index contributed by atoms with van der Waals surface area (Å²) < 4.78 is 0. The first kappa shape index (κ1) is 16.8. The average molecular weight is 303 g/mol. The third-order valence-electron chi connectivity index (χ3n) is 4.52. The second-order valence-electron chi connectivity index (χ2n) is 6.43. The van der Waals surface area contributed by atoms with Crippen molar-refractivity contribution in [3.63, 3.8) is 0 Å². The molecule has 0 unspecified atom stereocenters. The number of rotatable bonds is 6. The minimum atomic E-state index is 0.0450. The number of nitrogens with one attached hydrogen (secondary N) is 1. The van der Waals surface area contributed by atoms with Gasteiger partial charge in [-0.2, -0.15) is 0 Å². The molecule has 0 spiro atoms. The van der Waals surface area contributed by atoms with Gasteiger partial charge in [0.05, 0.1) is 0 Å². The van der Waals surface area contributed by atoms with E-state index in [2.05, 4.69) is 36.1 Å². The third kappa shape index (κ3) is 4.73.